The lowest BCUT2D eigenvalue weighted by atomic mass is 10.1. The molecule has 2 rings (SSSR count). The number of aliphatic hydroxyl groups excluding tert-OH is 2. The van der Waals surface area contributed by atoms with Crippen molar-refractivity contribution < 1.29 is 43.7 Å². The van der Waals surface area contributed by atoms with Crippen LogP contribution in [0.1, 0.15) is 12.5 Å². The van der Waals surface area contributed by atoms with Crippen molar-refractivity contribution in [2.75, 3.05) is 39.6 Å². The van der Waals surface area contributed by atoms with Crippen LogP contribution in [0.25, 0.3) is 0 Å². The monoisotopic (exact) mass is 538 g/mol. The number of hydrogen-bond donors (Lipinski definition) is 8. The van der Waals surface area contributed by atoms with E-state index >= 15 is 0 Å². The van der Waals surface area contributed by atoms with Crippen molar-refractivity contribution in [3.8, 4) is 0 Å². The van der Waals surface area contributed by atoms with Crippen molar-refractivity contribution >= 4 is 29.7 Å². The van der Waals surface area contributed by atoms with Gasteiger partial charge in [-0.15, -0.1) is 0 Å². The lowest BCUT2D eigenvalue weighted by Crippen LogP contribution is -2.60. The van der Waals surface area contributed by atoms with E-state index in [0.29, 0.717) is 5.56 Å². The minimum atomic E-state index is -1.38. The summed E-state index contributed by atoms with van der Waals surface area (Å²) in [5.74, 6) is -3.11. The third-order valence-electron chi connectivity index (χ3n) is 5.25. The van der Waals surface area contributed by atoms with E-state index in [9.17, 15) is 34.2 Å². The predicted octanol–water partition coefficient (Wildman–Crippen LogP) is -3.57. The van der Waals surface area contributed by atoms with Crippen LogP contribution in [0.2, 0.25) is 0 Å². The number of carbonyl (C=O) groups excluding carboxylic acids is 5. The molecule has 15 heteroatoms. The van der Waals surface area contributed by atoms with Crippen LogP contribution in [0.15, 0.2) is 30.3 Å². The van der Waals surface area contributed by atoms with Crippen molar-refractivity contribution in [2.45, 2.75) is 37.6 Å². The zero-order valence-corrected chi connectivity index (χ0v) is 20.9. The number of nitrogens with one attached hydrogen (secondary N) is 6. The summed E-state index contributed by atoms with van der Waals surface area (Å²) in [5, 5.41) is 29.1. The Bertz CT molecular complexity index is 947. The molecule has 1 aromatic carbocycles. The lowest BCUT2D eigenvalue weighted by molar-refractivity contribution is -0.135. The van der Waals surface area contributed by atoms with E-state index in [1.807, 2.05) is 0 Å². The molecular weight excluding hydrogens is 504 g/mol. The molecule has 0 bridgehead atoms. The highest BCUT2D eigenvalue weighted by molar-refractivity contribution is 5.93. The highest BCUT2D eigenvalue weighted by atomic mass is 16.5. The highest BCUT2D eigenvalue weighted by Gasteiger charge is 2.29. The second kappa shape index (κ2) is 16.1. The summed E-state index contributed by atoms with van der Waals surface area (Å²) in [4.78, 5) is 62.5. The zero-order chi connectivity index (χ0) is 27.9. The van der Waals surface area contributed by atoms with Gasteiger partial charge in [0.05, 0.1) is 32.5 Å². The van der Waals surface area contributed by atoms with Gasteiger partial charge in [0.25, 0.3) is 11.8 Å². The van der Waals surface area contributed by atoms with Crippen molar-refractivity contribution in [3.63, 3.8) is 0 Å². The highest BCUT2D eigenvalue weighted by Crippen LogP contribution is 2.04. The molecule has 38 heavy (non-hydrogen) atoms. The molecule has 15 nitrogen and oxygen atoms in total. The number of hydrazine groups is 1. The Morgan fingerprint density at radius 3 is 2.18 bits per heavy atom. The molecule has 1 heterocycles. The lowest BCUT2D eigenvalue weighted by Gasteiger charge is -2.24. The third-order valence-corrected chi connectivity index (χ3v) is 5.25. The van der Waals surface area contributed by atoms with Crippen LogP contribution >= 0.6 is 0 Å². The van der Waals surface area contributed by atoms with E-state index in [2.05, 4.69) is 32.1 Å². The molecule has 0 saturated carbocycles. The Kier molecular flexibility index (Phi) is 12.9. The summed E-state index contributed by atoms with van der Waals surface area (Å²) in [6.07, 6.45) is -1.26. The maximum Gasteiger partial charge on any atom is 0.316 e. The molecule has 1 unspecified atom stereocenters. The molecule has 1 aliphatic rings. The number of amides is 6. The molecule has 4 atom stereocenters. The molecule has 1 aliphatic heterocycles. The Balaban J connectivity index is 2.19. The van der Waals surface area contributed by atoms with Gasteiger partial charge in [0.15, 0.2) is 0 Å². The third kappa shape index (κ3) is 10.7. The maximum atomic E-state index is 12.9. The zero-order valence-electron chi connectivity index (χ0n) is 20.9. The fraction of sp³-hybridized carbons (Fsp3) is 0.522. The molecule has 0 spiro atoms. The normalized spacial score (nSPS) is 24.3. The summed E-state index contributed by atoms with van der Waals surface area (Å²) in [6, 6.07) is 3.81. The first kappa shape index (κ1) is 30.4. The van der Waals surface area contributed by atoms with E-state index in [1.54, 1.807) is 30.3 Å². The van der Waals surface area contributed by atoms with Gasteiger partial charge in [-0.05, 0) is 12.5 Å². The maximum absolute atomic E-state index is 12.9. The van der Waals surface area contributed by atoms with Crippen LogP contribution in [0, 0.1) is 0 Å². The van der Waals surface area contributed by atoms with Crippen LogP contribution in [-0.4, -0.2) is 104 Å². The van der Waals surface area contributed by atoms with Crippen LogP contribution < -0.4 is 32.1 Å². The summed E-state index contributed by atoms with van der Waals surface area (Å²) >= 11 is 0. The molecule has 0 aliphatic carbocycles. The van der Waals surface area contributed by atoms with Gasteiger partial charge in [-0.2, -0.15) is 0 Å². The molecule has 0 aromatic heterocycles. The molecule has 0 radical (unpaired) electrons. The van der Waals surface area contributed by atoms with Crippen molar-refractivity contribution in [1.29, 1.82) is 0 Å². The van der Waals surface area contributed by atoms with E-state index < -0.39 is 67.1 Å². The summed E-state index contributed by atoms with van der Waals surface area (Å²) in [6.45, 7) is 0.436. The molecule has 210 valence electrons. The number of rotatable bonds is 4. The van der Waals surface area contributed by atoms with E-state index in [0.717, 1.165) is 0 Å². The van der Waals surface area contributed by atoms with Gasteiger partial charge in [-0.25, -0.2) is 4.79 Å². The Morgan fingerprint density at radius 2 is 1.53 bits per heavy atom. The van der Waals surface area contributed by atoms with Gasteiger partial charge in [0.2, 0.25) is 11.8 Å². The Labute approximate surface area is 219 Å². The van der Waals surface area contributed by atoms with Crippen LogP contribution in [0.4, 0.5) is 4.79 Å². The van der Waals surface area contributed by atoms with Gasteiger partial charge in [-0.3, -0.25) is 30.0 Å². The number of carbonyl (C=O) groups is 5. The van der Waals surface area contributed by atoms with Gasteiger partial charge in [-0.1, -0.05) is 30.3 Å². The first-order valence-corrected chi connectivity index (χ1v) is 11.9. The van der Waals surface area contributed by atoms with Crippen LogP contribution in [0.3, 0.4) is 0 Å². The number of ether oxygens (including phenoxy) is 2. The fourth-order valence-corrected chi connectivity index (χ4v) is 3.27. The first-order chi connectivity index (χ1) is 18.2. The Morgan fingerprint density at radius 1 is 0.868 bits per heavy atom. The fourth-order valence-electron chi connectivity index (χ4n) is 3.27. The minimum absolute atomic E-state index is 0.0103. The second-order valence-corrected chi connectivity index (χ2v) is 8.32. The molecule has 1 saturated heterocycles. The SMILES string of the molecule is CC(O)[C@@H]1NC(=O)N[C@@H](Cc2ccccc2)C(=O)NNC(=O)[C@H](CO)NC(=O)COCCOCCNC1=O. The summed E-state index contributed by atoms with van der Waals surface area (Å²) in [7, 11) is 0. The number of urea groups is 1. The molecule has 6 amide bonds. The summed E-state index contributed by atoms with van der Waals surface area (Å²) < 4.78 is 10.4. The number of aliphatic hydroxyl groups is 2. The van der Waals surface area contributed by atoms with Gasteiger partial charge >= 0.3 is 6.03 Å². The van der Waals surface area contributed by atoms with Crippen molar-refractivity contribution in [2.24, 2.45) is 0 Å². The predicted molar refractivity (Wildman–Crippen MR) is 131 cm³/mol. The molecule has 1 aromatic rings. The molecular formula is C23H34N6O9. The largest absolute Gasteiger partial charge is 0.394 e. The Hall–Kier alpha value is -3.79. The van der Waals surface area contributed by atoms with Gasteiger partial charge in [0.1, 0.15) is 24.7 Å². The topological polar surface area (TPSA) is 216 Å². The number of hydrogen-bond acceptors (Lipinski definition) is 9. The molecule has 8 N–H and O–H groups in total. The van der Waals surface area contributed by atoms with Gasteiger partial charge in [0, 0.05) is 13.0 Å². The average molecular weight is 539 g/mol. The smallest absolute Gasteiger partial charge is 0.316 e. The van der Waals surface area contributed by atoms with E-state index in [-0.39, 0.29) is 32.8 Å². The van der Waals surface area contributed by atoms with Crippen LogP contribution in [-0.2, 0) is 35.1 Å². The summed E-state index contributed by atoms with van der Waals surface area (Å²) in [5.41, 5.74) is 4.93. The minimum Gasteiger partial charge on any atom is -0.394 e. The van der Waals surface area contributed by atoms with E-state index in [4.69, 9.17) is 9.47 Å². The standard InChI is InChI=1S/C23H34N6O9/c1-14(31)19-22(35)24-7-8-37-9-10-38-13-18(32)25-17(12-30)21(34)29-28-20(33)16(26-23(36)27-19)11-15-5-3-2-4-6-15/h2-6,14,16-17,19,30-31H,7-13H2,1H3,(H,24,35)(H,25,32)(H,28,33)(H,29,34)(H2,26,27,36)/t14?,16-,17-,19-/m0/s1. The quantitative estimate of drug-likeness (QED) is 0.190. The van der Waals surface area contributed by atoms with Crippen LogP contribution in [0.5, 0.6) is 0 Å². The average Bonchev–Trinajstić information content (AvgIpc) is 2.89. The molecule has 1 fully saturated rings. The second-order valence-electron chi connectivity index (χ2n) is 8.32. The first-order valence-electron chi connectivity index (χ1n) is 11.9. The number of benzene rings is 1. The van der Waals surface area contributed by atoms with Gasteiger partial charge < -0.3 is 41.0 Å². The van der Waals surface area contributed by atoms with Crippen molar-refractivity contribution in [3.05, 3.63) is 35.9 Å². The van der Waals surface area contributed by atoms with E-state index in [1.165, 1.54) is 6.92 Å². The van der Waals surface area contributed by atoms with Crippen molar-refractivity contribution in [1.82, 2.24) is 32.1 Å².